The second kappa shape index (κ2) is 4.44. The first-order valence-corrected chi connectivity index (χ1v) is 5.09. The molecule has 0 aliphatic carbocycles. The van der Waals surface area contributed by atoms with Gasteiger partial charge in [0.2, 0.25) is 0 Å². The van der Waals surface area contributed by atoms with Crippen molar-refractivity contribution in [3.05, 3.63) is 17.5 Å². The number of hydrogen-bond acceptors (Lipinski definition) is 3. The fraction of sp³-hybridized carbons (Fsp3) is 0.600. The number of H-pyrrole nitrogens is 1. The molecule has 1 aliphatic rings. The van der Waals surface area contributed by atoms with Crippen LogP contribution < -0.4 is 0 Å². The van der Waals surface area contributed by atoms with E-state index >= 15 is 0 Å². The highest BCUT2D eigenvalue weighted by Crippen LogP contribution is 2.25. The molecule has 2 heterocycles. The first-order valence-electron chi connectivity index (χ1n) is 5.09. The Morgan fingerprint density at radius 3 is 3.00 bits per heavy atom. The maximum absolute atomic E-state index is 10.5. The average molecular weight is 210 g/mol. The van der Waals surface area contributed by atoms with E-state index in [1.165, 1.54) is 0 Å². The van der Waals surface area contributed by atoms with Crippen LogP contribution >= 0.6 is 0 Å². The average Bonchev–Trinajstić information content (AvgIpc) is 2.67. The standard InChI is InChI=1S/C10H14N2O3/c13-10(14)6-8-5-9(12-11-8)7-1-3-15-4-2-7/h5,7H,1-4,6H2,(H,11,12)(H,13,14). The number of rotatable bonds is 3. The van der Waals surface area contributed by atoms with Crippen LogP contribution in [0.1, 0.15) is 30.1 Å². The molecule has 0 spiro atoms. The summed E-state index contributed by atoms with van der Waals surface area (Å²) in [6.07, 6.45) is 1.95. The van der Waals surface area contributed by atoms with E-state index in [9.17, 15) is 4.79 Å². The Morgan fingerprint density at radius 1 is 1.60 bits per heavy atom. The minimum absolute atomic E-state index is 0.0101. The van der Waals surface area contributed by atoms with Crippen molar-refractivity contribution in [2.24, 2.45) is 0 Å². The number of aromatic amines is 1. The Kier molecular flexibility index (Phi) is 3.01. The Labute approximate surface area is 87.4 Å². The van der Waals surface area contributed by atoms with E-state index in [1.807, 2.05) is 6.07 Å². The molecule has 1 aromatic heterocycles. The van der Waals surface area contributed by atoms with E-state index in [0.717, 1.165) is 31.7 Å². The van der Waals surface area contributed by atoms with Crippen molar-refractivity contribution in [2.45, 2.75) is 25.2 Å². The summed E-state index contributed by atoms with van der Waals surface area (Å²) in [6, 6.07) is 1.85. The van der Waals surface area contributed by atoms with Crippen LogP contribution in [0.4, 0.5) is 0 Å². The third-order valence-corrected chi connectivity index (χ3v) is 2.63. The third-order valence-electron chi connectivity index (χ3n) is 2.63. The number of aromatic nitrogens is 2. The van der Waals surface area contributed by atoms with Crippen LogP contribution in [0.5, 0.6) is 0 Å². The highest BCUT2D eigenvalue weighted by atomic mass is 16.5. The summed E-state index contributed by atoms with van der Waals surface area (Å²) < 4.78 is 5.26. The number of nitrogens with zero attached hydrogens (tertiary/aromatic N) is 1. The van der Waals surface area contributed by atoms with Gasteiger partial charge in [0, 0.05) is 24.8 Å². The molecule has 5 nitrogen and oxygen atoms in total. The van der Waals surface area contributed by atoms with E-state index in [1.54, 1.807) is 0 Å². The lowest BCUT2D eigenvalue weighted by Gasteiger charge is -2.19. The Hall–Kier alpha value is -1.36. The SMILES string of the molecule is O=C(O)Cc1cc(C2CCOCC2)n[nH]1. The number of aliphatic carboxylic acids is 1. The minimum Gasteiger partial charge on any atom is -0.481 e. The van der Waals surface area contributed by atoms with Crippen LogP contribution in [0.2, 0.25) is 0 Å². The molecule has 2 rings (SSSR count). The first-order chi connectivity index (χ1) is 7.25. The summed E-state index contributed by atoms with van der Waals surface area (Å²) >= 11 is 0. The summed E-state index contributed by atoms with van der Waals surface area (Å²) in [4.78, 5) is 10.5. The highest BCUT2D eigenvalue weighted by molar-refractivity contribution is 5.69. The number of nitrogens with one attached hydrogen (secondary N) is 1. The number of ether oxygens (including phenoxy) is 1. The van der Waals surface area contributed by atoms with Crippen molar-refractivity contribution in [2.75, 3.05) is 13.2 Å². The Balaban J connectivity index is 2.02. The van der Waals surface area contributed by atoms with Gasteiger partial charge in [-0.3, -0.25) is 9.89 Å². The van der Waals surface area contributed by atoms with E-state index < -0.39 is 5.97 Å². The van der Waals surface area contributed by atoms with Crippen molar-refractivity contribution in [3.63, 3.8) is 0 Å². The molecule has 0 amide bonds. The zero-order chi connectivity index (χ0) is 10.7. The molecule has 1 aliphatic heterocycles. The maximum Gasteiger partial charge on any atom is 0.309 e. The van der Waals surface area contributed by atoms with Gasteiger partial charge in [-0.05, 0) is 18.9 Å². The Bertz CT molecular complexity index is 342. The lowest BCUT2D eigenvalue weighted by Crippen LogP contribution is -2.14. The second-order valence-corrected chi connectivity index (χ2v) is 3.78. The molecule has 82 valence electrons. The van der Waals surface area contributed by atoms with Crippen LogP contribution in [0.25, 0.3) is 0 Å². The normalized spacial score (nSPS) is 17.9. The van der Waals surface area contributed by atoms with Crippen LogP contribution in [0.3, 0.4) is 0 Å². The zero-order valence-electron chi connectivity index (χ0n) is 8.40. The first kappa shape index (κ1) is 10.2. The van der Waals surface area contributed by atoms with Gasteiger partial charge in [0.25, 0.3) is 0 Å². The fourth-order valence-electron chi connectivity index (χ4n) is 1.84. The van der Waals surface area contributed by atoms with Gasteiger partial charge in [0.15, 0.2) is 0 Å². The molecular weight excluding hydrogens is 196 g/mol. The summed E-state index contributed by atoms with van der Waals surface area (Å²) in [5.41, 5.74) is 1.64. The van der Waals surface area contributed by atoms with Crippen LogP contribution in [0.15, 0.2) is 6.07 Å². The van der Waals surface area contributed by atoms with Gasteiger partial charge in [-0.2, -0.15) is 5.10 Å². The van der Waals surface area contributed by atoms with Crippen molar-refractivity contribution < 1.29 is 14.6 Å². The molecule has 0 radical (unpaired) electrons. The molecule has 1 aromatic rings. The lowest BCUT2D eigenvalue weighted by atomic mass is 9.96. The molecule has 1 saturated heterocycles. The second-order valence-electron chi connectivity index (χ2n) is 3.78. The molecule has 15 heavy (non-hydrogen) atoms. The number of hydrogen-bond donors (Lipinski definition) is 2. The topological polar surface area (TPSA) is 75.2 Å². The van der Waals surface area contributed by atoms with E-state index in [0.29, 0.717) is 11.6 Å². The lowest BCUT2D eigenvalue weighted by molar-refractivity contribution is -0.136. The molecule has 0 saturated carbocycles. The maximum atomic E-state index is 10.5. The van der Waals surface area contributed by atoms with Crippen molar-refractivity contribution in [1.82, 2.24) is 10.2 Å². The number of carboxylic acid groups (broad SMARTS) is 1. The molecule has 1 fully saturated rings. The molecule has 5 heteroatoms. The van der Waals surface area contributed by atoms with Crippen LogP contribution in [-0.2, 0) is 16.0 Å². The van der Waals surface area contributed by atoms with E-state index in [2.05, 4.69) is 10.2 Å². The monoisotopic (exact) mass is 210 g/mol. The molecule has 0 unspecified atom stereocenters. The minimum atomic E-state index is -0.836. The van der Waals surface area contributed by atoms with Gasteiger partial charge in [-0.1, -0.05) is 0 Å². The Morgan fingerprint density at radius 2 is 2.33 bits per heavy atom. The fourth-order valence-corrected chi connectivity index (χ4v) is 1.84. The van der Waals surface area contributed by atoms with Crippen molar-refractivity contribution >= 4 is 5.97 Å². The van der Waals surface area contributed by atoms with Gasteiger partial charge in [-0.25, -0.2) is 0 Å². The van der Waals surface area contributed by atoms with Crippen molar-refractivity contribution in [3.8, 4) is 0 Å². The van der Waals surface area contributed by atoms with E-state index in [4.69, 9.17) is 9.84 Å². The number of carboxylic acids is 1. The summed E-state index contributed by atoms with van der Waals surface area (Å²) in [6.45, 7) is 1.54. The predicted octanol–water partition coefficient (Wildman–Crippen LogP) is 0.931. The smallest absolute Gasteiger partial charge is 0.309 e. The summed E-state index contributed by atoms with van der Waals surface area (Å²) in [5.74, 6) is -0.422. The molecule has 0 atom stereocenters. The largest absolute Gasteiger partial charge is 0.481 e. The summed E-state index contributed by atoms with van der Waals surface area (Å²) in [5, 5.41) is 15.5. The summed E-state index contributed by atoms with van der Waals surface area (Å²) in [7, 11) is 0. The van der Waals surface area contributed by atoms with Gasteiger partial charge in [0.1, 0.15) is 0 Å². The molecular formula is C10H14N2O3. The van der Waals surface area contributed by atoms with Crippen molar-refractivity contribution in [1.29, 1.82) is 0 Å². The number of carbonyl (C=O) groups is 1. The van der Waals surface area contributed by atoms with Crippen LogP contribution in [-0.4, -0.2) is 34.5 Å². The van der Waals surface area contributed by atoms with Crippen LogP contribution in [0, 0.1) is 0 Å². The van der Waals surface area contributed by atoms with E-state index in [-0.39, 0.29) is 6.42 Å². The van der Waals surface area contributed by atoms with Gasteiger partial charge >= 0.3 is 5.97 Å². The van der Waals surface area contributed by atoms with Gasteiger partial charge in [0.05, 0.1) is 12.1 Å². The predicted molar refractivity (Wildman–Crippen MR) is 52.7 cm³/mol. The zero-order valence-corrected chi connectivity index (χ0v) is 8.40. The molecule has 0 bridgehead atoms. The quantitative estimate of drug-likeness (QED) is 0.778. The molecule has 2 N–H and O–H groups in total. The van der Waals surface area contributed by atoms with Gasteiger partial charge in [-0.15, -0.1) is 0 Å². The molecule has 0 aromatic carbocycles. The highest BCUT2D eigenvalue weighted by Gasteiger charge is 2.18. The third kappa shape index (κ3) is 2.56. The van der Waals surface area contributed by atoms with Gasteiger partial charge < -0.3 is 9.84 Å².